The predicted molar refractivity (Wildman–Crippen MR) is 110 cm³/mol. The van der Waals surface area contributed by atoms with Gasteiger partial charge in [0.05, 0.1) is 5.57 Å². The zero-order valence-corrected chi connectivity index (χ0v) is 15.4. The highest BCUT2D eigenvalue weighted by atomic mass is 16.2. The number of carbonyl (C=O) groups excluding carboxylic acids is 1. The molecule has 1 unspecified atom stereocenters. The number of benzene rings is 2. The number of aromatic amines is 1. The lowest BCUT2D eigenvalue weighted by Gasteiger charge is -2.22. The van der Waals surface area contributed by atoms with Gasteiger partial charge in [-0.2, -0.15) is 0 Å². The third-order valence-electron chi connectivity index (χ3n) is 5.71. The molecule has 3 nitrogen and oxygen atoms in total. The average molecular weight is 354 g/mol. The van der Waals surface area contributed by atoms with Crippen molar-refractivity contribution in [1.82, 2.24) is 4.98 Å². The van der Waals surface area contributed by atoms with Crippen molar-refractivity contribution in [2.75, 3.05) is 5.32 Å². The maximum atomic E-state index is 12.5. The van der Waals surface area contributed by atoms with Crippen LogP contribution in [0.3, 0.4) is 0 Å². The molecule has 1 amide bonds. The van der Waals surface area contributed by atoms with Crippen LogP contribution in [0, 0.1) is 6.92 Å². The van der Waals surface area contributed by atoms with Crippen molar-refractivity contribution in [1.29, 1.82) is 0 Å². The van der Waals surface area contributed by atoms with E-state index in [0.717, 1.165) is 34.5 Å². The molecule has 0 radical (unpaired) electrons. The molecule has 1 aliphatic heterocycles. The fourth-order valence-corrected chi connectivity index (χ4v) is 4.40. The lowest BCUT2D eigenvalue weighted by Crippen LogP contribution is -2.09. The standard InChI is InChI=1S/C24H22N2O/c1-15-10-11-23-19(12-15)21(24(27)26-23)14-17-13-20-18(8-5-9-22(20)25-17)16-6-3-2-4-7-16/h2-4,6-7,10-14,18,25H,5,8-9H2,1H3,(H,26,27). The molecule has 1 atom stereocenters. The molecule has 3 aromatic rings. The van der Waals surface area contributed by atoms with Crippen LogP contribution in [0.1, 0.15) is 52.4 Å². The zero-order chi connectivity index (χ0) is 18.4. The van der Waals surface area contributed by atoms with E-state index in [9.17, 15) is 4.79 Å². The third-order valence-corrected chi connectivity index (χ3v) is 5.71. The Kier molecular flexibility index (Phi) is 3.75. The first-order chi connectivity index (χ1) is 13.2. The lowest BCUT2D eigenvalue weighted by atomic mass is 9.82. The second-order valence-corrected chi connectivity index (χ2v) is 7.58. The monoisotopic (exact) mass is 354 g/mol. The van der Waals surface area contributed by atoms with E-state index in [-0.39, 0.29) is 5.91 Å². The van der Waals surface area contributed by atoms with E-state index < -0.39 is 0 Å². The van der Waals surface area contributed by atoms with Gasteiger partial charge in [0.25, 0.3) is 5.91 Å². The normalized spacial score (nSPS) is 19.7. The minimum atomic E-state index is -0.0252. The van der Waals surface area contributed by atoms with Gasteiger partial charge in [-0.05, 0) is 61.6 Å². The molecule has 1 aromatic heterocycles. The number of aryl methyl sites for hydroxylation is 2. The average Bonchev–Trinajstić information content (AvgIpc) is 3.23. The molecule has 134 valence electrons. The number of hydrogen-bond acceptors (Lipinski definition) is 1. The summed E-state index contributed by atoms with van der Waals surface area (Å²) in [5.41, 5.74) is 8.86. The summed E-state index contributed by atoms with van der Waals surface area (Å²) >= 11 is 0. The molecule has 0 spiro atoms. The molecule has 0 saturated carbocycles. The van der Waals surface area contributed by atoms with Gasteiger partial charge in [0.15, 0.2) is 0 Å². The van der Waals surface area contributed by atoms with Gasteiger partial charge in [-0.15, -0.1) is 0 Å². The highest BCUT2D eigenvalue weighted by Gasteiger charge is 2.26. The van der Waals surface area contributed by atoms with Crippen molar-refractivity contribution in [3.8, 4) is 0 Å². The van der Waals surface area contributed by atoms with Crippen molar-refractivity contribution < 1.29 is 4.79 Å². The molecular weight excluding hydrogens is 332 g/mol. The summed E-state index contributed by atoms with van der Waals surface area (Å²) in [7, 11) is 0. The Morgan fingerprint density at radius 3 is 2.78 bits per heavy atom. The van der Waals surface area contributed by atoms with Gasteiger partial charge in [-0.3, -0.25) is 4.79 Å². The number of hydrogen-bond donors (Lipinski definition) is 2. The minimum Gasteiger partial charge on any atom is -0.359 e. The third kappa shape index (κ3) is 2.80. The van der Waals surface area contributed by atoms with Gasteiger partial charge < -0.3 is 10.3 Å². The van der Waals surface area contributed by atoms with Crippen LogP contribution in [0.15, 0.2) is 54.6 Å². The van der Waals surface area contributed by atoms with E-state index in [1.165, 1.54) is 29.7 Å². The molecule has 2 N–H and O–H groups in total. The Labute approximate surface area is 159 Å². The van der Waals surface area contributed by atoms with Crippen molar-refractivity contribution in [2.24, 2.45) is 0 Å². The van der Waals surface area contributed by atoms with Gasteiger partial charge >= 0.3 is 0 Å². The number of aromatic nitrogens is 1. The molecule has 2 heterocycles. The van der Waals surface area contributed by atoms with Crippen LogP contribution in [0.4, 0.5) is 5.69 Å². The van der Waals surface area contributed by atoms with Crippen LogP contribution >= 0.6 is 0 Å². The quantitative estimate of drug-likeness (QED) is 0.604. The van der Waals surface area contributed by atoms with Crippen molar-refractivity contribution in [2.45, 2.75) is 32.1 Å². The molecule has 0 saturated heterocycles. The summed E-state index contributed by atoms with van der Waals surface area (Å²) in [6, 6.07) is 19.0. The van der Waals surface area contributed by atoms with Crippen molar-refractivity contribution >= 4 is 23.2 Å². The summed E-state index contributed by atoms with van der Waals surface area (Å²) in [6.07, 6.45) is 5.43. The number of H-pyrrole nitrogens is 1. The highest BCUT2D eigenvalue weighted by Crippen LogP contribution is 2.38. The fourth-order valence-electron chi connectivity index (χ4n) is 4.40. The summed E-state index contributed by atoms with van der Waals surface area (Å²) < 4.78 is 0. The van der Waals surface area contributed by atoms with Gasteiger partial charge in [0.2, 0.25) is 0 Å². The van der Waals surface area contributed by atoms with Gasteiger partial charge in [0.1, 0.15) is 0 Å². The smallest absolute Gasteiger partial charge is 0.256 e. The summed E-state index contributed by atoms with van der Waals surface area (Å²) in [5, 5.41) is 2.97. The van der Waals surface area contributed by atoms with Gasteiger partial charge in [-0.1, -0.05) is 42.0 Å². The van der Waals surface area contributed by atoms with Crippen LogP contribution in [0.5, 0.6) is 0 Å². The SMILES string of the molecule is Cc1ccc2c(c1)C(=Cc1cc3c([nH]1)CCCC3c1ccccc1)C(=O)N2. The van der Waals surface area contributed by atoms with Crippen LogP contribution in [-0.4, -0.2) is 10.9 Å². The molecule has 2 aliphatic rings. The minimum absolute atomic E-state index is 0.0252. The molecule has 0 bridgehead atoms. The lowest BCUT2D eigenvalue weighted by molar-refractivity contribution is -0.110. The van der Waals surface area contributed by atoms with Gasteiger partial charge in [-0.25, -0.2) is 0 Å². The van der Waals surface area contributed by atoms with E-state index in [1.807, 2.05) is 18.2 Å². The number of fused-ring (bicyclic) bond motifs is 2. The van der Waals surface area contributed by atoms with E-state index in [2.05, 4.69) is 59.7 Å². The van der Waals surface area contributed by atoms with Crippen LogP contribution < -0.4 is 5.32 Å². The Balaban J connectivity index is 1.55. The first-order valence-corrected chi connectivity index (χ1v) is 9.60. The maximum Gasteiger partial charge on any atom is 0.256 e. The number of amides is 1. The number of rotatable bonds is 2. The Bertz CT molecular complexity index is 1060. The zero-order valence-electron chi connectivity index (χ0n) is 15.4. The van der Waals surface area contributed by atoms with Crippen molar-refractivity contribution in [3.05, 3.63) is 88.2 Å². The molecule has 1 aliphatic carbocycles. The summed E-state index contributed by atoms with van der Waals surface area (Å²) in [5.74, 6) is 0.410. The largest absolute Gasteiger partial charge is 0.359 e. The highest BCUT2D eigenvalue weighted by molar-refractivity contribution is 6.34. The van der Waals surface area contributed by atoms with Crippen LogP contribution in [-0.2, 0) is 11.2 Å². The molecular formula is C24H22N2O. The molecule has 27 heavy (non-hydrogen) atoms. The molecule has 0 fully saturated rings. The second-order valence-electron chi connectivity index (χ2n) is 7.58. The van der Waals surface area contributed by atoms with E-state index >= 15 is 0 Å². The molecule has 3 heteroatoms. The molecule has 5 rings (SSSR count). The van der Waals surface area contributed by atoms with E-state index in [1.54, 1.807) is 0 Å². The first kappa shape index (κ1) is 16.1. The van der Waals surface area contributed by atoms with E-state index in [4.69, 9.17) is 0 Å². The summed E-state index contributed by atoms with van der Waals surface area (Å²) in [6.45, 7) is 2.05. The Morgan fingerprint density at radius 1 is 1.07 bits per heavy atom. The maximum absolute atomic E-state index is 12.5. The number of nitrogens with one attached hydrogen (secondary N) is 2. The van der Waals surface area contributed by atoms with E-state index in [0.29, 0.717) is 5.92 Å². The van der Waals surface area contributed by atoms with Gasteiger partial charge in [0, 0.05) is 28.6 Å². The topological polar surface area (TPSA) is 44.9 Å². The summed E-state index contributed by atoms with van der Waals surface area (Å²) in [4.78, 5) is 16.1. The van der Waals surface area contributed by atoms with Crippen LogP contribution in [0.25, 0.3) is 11.6 Å². The first-order valence-electron chi connectivity index (χ1n) is 9.60. The second kappa shape index (κ2) is 6.27. The fraction of sp³-hybridized carbons (Fsp3) is 0.208. The Hall–Kier alpha value is -3.07. The molecule has 2 aromatic carbocycles. The van der Waals surface area contributed by atoms with Crippen molar-refractivity contribution in [3.63, 3.8) is 0 Å². The predicted octanol–water partition coefficient (Wildman–Crippen LogP) is 5.28. The van der Waals surface area contributed by atoms with Crippen LogP contribution in [0.2, 0.25) is 0 Å². The number of carbonyl (C=O) groups is 1. The Morgan fingerprint density at radius 2 is 1.93 bits per heavy atom. The number of anilines is 1.